The Bertz CT molecular complexity index is 1240. The number of β-amino-alcohol motifs (C(OH)–C–C–N with tert-alkyl or cyclic N) is 1. The van der Waals surface area contributed by atoms with Crippen molar-refractivity contribution in [2.24, 2.45) is 0 Å². The summed E-state index contributed by atoms with van der Waals surface area (Å²) in [5, 5.41) is 12.6. The van der Waals surface area contributed by atoms with Gasteiger partial charge in [0.1, 0.15) is 11.5 Å². The van der Waals surface area contributed by atoms with E-state index >= 15 is 0 Å². The fraction of sp³-hybridized carbons (Fsp3) is 0.321. The predicted octanol–water partition coefficient (Wildman–Crippen LogP) is 5.79. The molecule has 2 N–H and O–H groups in total. The fourth-order valence-corrected chi connectivity index (χ4v) is 4.83. The normalized spacial score (nSPS) is 16.1. The second kappa shape index (κ2) is 11.7. The number of benzene rings is 3. The zero-order valence-electron chi connectivity index (χ0n) is 21.0. The fourth-order valence-electron chi connectivity index (χ4n) is 4.83. The lowest BCUT2D eigenvalue weighted by molar-refractivity contribution is -0.275. The average Bonchev–Trinajstić information content (AvgIpc) is 3.31. The molecule has 0 bridgehead atoms. The van der Waals surface area contributed by atoms with Gasteiger partial charge in [0.05, 0.1) is 6.10 Å². The van der Waals surface area contributed by atoms with Gasteiger partial charge in [-0.3, -0.25) is 0 Å². The van der Waals surface area contributed by atoms with E-state index in [4.69, 9.17) is 0 Å². The van der Waals surface area contributed by atoms with Gasteiger partial charge in [0, 0.05) is 25.0 Å². The van der Waals surface area contributed by atoms with Crippen molar-refractivity contribution in [1.29, 1.82) is 0 Å². The Labute approximate surface area is 226 Å². The standard InChI is InChI=1S/C28H26F6N2O4/c29-27(30,31)39-23-10-4-8-20(14-23)26(16-19-6-2-1-3-7-19,18-35-25(38)36-13-12-22(37)17-36)21-9-5-11-24(15-21)40-28(32,33)34/h1-11,14-15,22,37H,12-13,16-18H2,(H,35,38)/t22-/m0/s1. The number of hydrogen-bond donors (Lipinski definition) is 2. The van der Waals surface area contributed by atoms with Crippen molar-refractivity contribution >= 4 is 6.03 Å². The molecule has 0 unspecified atom stereocenters. The quantitative estimate of drug-likeness (QED) is 0.338. The highest BCUT2D eigenvalue weighted by Crippen LogP contribution is 2.40. The largest absolute Gasteiger partial charge is 0.573 e. The maximum atomic E-state index is 13.1. The number of ether oxygens (including phenoxy) is 2. The molecule has 6 nitrogen and oxygen atoms in total. The zero-order chi connectivity index (χ0) is 29.0. The molecule has 40 heavy (non-hydrogen) atoms. The lowest BCUT2D eigenvalue weighted by atomic mass is 9.70. The molecule has 214 valence electrons. The van der Waals surface area contributed by atoms with Crippen molar-refractivity contribution in [2.45, 2.75) is 37.1 Å². The van der Waals surface area contributed by atoms with Crippen LogP contribution in [0.4, 0.5) is 31.1 Å². The van der Waals surface area contributed by atoms with Gasteiger partial charge in [0.25, 0.3) is 0 Å². The van der Waals surface area contributed by atoms with Crippen LogP contribution >= 0.6 is 0 Å². The molecule has 0 aromatic heterocycles. The van der Waals surface area contributed by atoms with E-state index in [9.17, 15) is 36.2 Å². The number of amides is 2. The molecule has 0 spiro atoms. The van der Waals surface area contributed by atoms with Crippen molar-refractivity contribution in [3.8, 4) is 11.5 Å². The molecule has 0 radical (unpaired) electrons. The Hall–Kier alpha value is -3.93. The molecule has 3 aromatic carbocycles. The van der Waals surface area contributed by atoms with E-state index in [1.54, 1.807) is 30.3 Å². The van der Waals surface area contributed by atoms with Crippen LogP contribution in [0, 0.1) is 0 Å². The van der Waals surface area contributed by atoms with Crippen molar-refractivity contribution in [3.05, 3.63) is 95.6 Å². The number of nitrogens with one attached hydrogen (secondary N) is 1. The van der Waals surface area contributed by atoms with Crippen molar-refractivity contribution in [3.63, 3.8) is 0 Å². The third kappa shape index (κ3) is 7.59. The van der Waals surface area contributed by atoms with Gasteiger partial charge in [-0.25, -0.2) is 4.79 Å². The number of nitrogens with zero attached hydrogens (tertiary/aromatic N) is 1. The van der Waals surface area contributed by atoms with Gasteiger partial charge in [-0.2, -0.15) is 0 Å². The molecule has 0 saturated carbocycles. The van der Waals surface area contributed by atoms with Crippen molar-refractivity contribution < 1.29 is 45.7 Å². The van der Waals surface area contributed by atoms with Crippen LogP contribution in [0.5, 0.6) is 11.5 Å². The van der Waals surface area contributed by atoms with Gasteiger partial charge in [0.15, 0.2) is 0 Å². The summed E-state index contributed by atoms with van der Waals surface area (Å²) >= 11 is 0. The van der Waals surface area contributed by atoms with Gasteiger partial charge < -0.3 is 24.8 Å². The average molecular weight is 569 g/mol. The Kier molecular flexibility index (Phi) is 8.48. The van der Waals surface area contributed by atoms with Crippen LogP contribution in [0.25, 0.3) is 0 Å². The summed E-state index contributed by atoms with van der Waals surface area (Å²) in [5.41, 5.74) is -0.156. The number of carbonyl (C=O) groups excluding carboxylic acids is 1. The molecule has 1 aliphatic heterocycles. The number of alkyl halides is 6. The second-order valence-electron chi connectivity index (χ2n) is 9.44. The minimum absolute atomic E-state index is 0.0850. The highest BCUT2D eigenvalue weighted by atomic mass is 19.4. The van der Waals surface area contributed by atoms with Crippen LogP contribution in [-0.2, 0) is 11.8 Å². The van der Waals surface area contributed by atoms with Gasteiger partial charge in [-0.15, -0.1) is 26.3 Å². The first-order valence-corrected chi connectivity index (χ1v) is 12.3. The summed E-state index contributed by atoms with van der Waals surface area (Å²) in [6.07, 6.45) is -10.2. The molecule has 1 heterocycles. The summed E-state index contributed by atoms with van der Waals surface area (Å²) in [6, 6.07) is 18.5. The number of halogens is 6. The van der Waals surface area contributed by atoms with Gasteiger partial charge >= 0.3 is 18.8 Å². The van der Waals surface area contributed by atoms with E-state index in [0.717, 1.165) is 24.3 Å². The van der Waals surface area contributed by atoms with Crippen LogP contribution in [0.2, 0.25) is 0 Å². The number of aliphatic hydroxyl groups is 1. The molecule has 3 aromatic rings. The molecule has 12 heteroatoms. The van der Waals surface area contributed by atoms with E-state index in [0.29, 0.717) is 18.5 Å². The Balaban J connectivity index is 1.84. The van der Waals surface area contributed by atoms with E-state index in [2.05, 4.69) is 14.8 Å². The summed E-state index contributed by atoms with van der Waals surface area (Å²) in [7, 11) is 0. The minimum atomic E-state index is -4.98. The number of aliphatic hydroxyl groups excluding tert-OH is 1. The first kappa shape index (κ1) is 29.1. The Morgan fingerprint density at radius 2 is 1.40 bits per heavy atom. The second-order valence-corrected chi connectivity index (χ2v) is 9.44. The van der Waals surface area contributed by atoms with Crippen LogP contribution in [0.3, 0.4) is 0 Å². The highest BCUT2D eigenvalue weighted by molar-refractivity contribution is 5.75. The molecule has 4 rings (SSSR count). The van der Waals surface area contributed by atoms with Gasteiger partial charge in [-0.1, -0.05) is 54.6 Å². The van der Waals surface area contributed by atoms with Crippen molar-refractivity contribution in [2.75, 3.05) is 19.6 Å². The molecule has 1 aliphatic rings. The maximum Gasteiger partial charge on any atom is 0.573 e. The monoisotopic (exact) mass is 568 g/mol. The molecule has 1 fully saturated rings. The molecular weight excluding hydrogens is 542 g/mol. The van der Waals surface area contributed by atoms with E-state index in [1.807, 2.05) is 0 Å². The van der Waals surface area contributed by atoms with Crippen LogP contribution in [0.15, 0.2) is 78.9 Å². The molecule has 2 amide bonds. The number of carbonyl (C=O) groups is 1. The minimum Gasteiger partial charge on any atom is -0.406 e. The SMILES string of the molecule is O=C(NCC(Cc1ccccc1)(c1cccc(OC(F)(F)F)c1)c1cccc(OC(F)(F)F)c1)N1CC[C@H](O)C1. The van der Waals surface area contributed by atoms with Crippen LogP contribution in [-0.4, -0.2) is 54.5 Å². The van der Waals surface area contributed by atoms with Gasteiger partial charge in [-0.05, 0) is 53.8 Å². The number of rotatable bonds is 8. The highest BCUT2D eigenvalue weighted by Gasteiger charge is 2.39. The Morgan fingerprint density at radius 1 is 0.850 bits per heavy atom. The summed E-state index contributed by atoms with van der Waals surface area (Å²) < 4.78 is 86.7. The van der Waals surface area contributed by atoms with E-state index in [1.165, 1.54) is 29.2 Å². The van der Waals surface area contributed by atoms with Crippen molar-refractivity contribution in [1.82, 2.24) is 10.2 Å². The lowest BCUT2D eigenvalue weighted by Gasteiger charge is -2.37. The number of urea groups is 1. The summed E-state index contributed by atoms with van der Waals surface area (Å²) in [5.74, 6) is -1.06. The first-order valence-electron chi connectivity index (χ1n) is 12.3. The third-order valence-corrected chi connectivity index (χ3v) is 6.58. The maximum absolute atomic E-state index is 13.1. The Morgan fingerprint density at radius 3 is 1.88 bits per heavy atom. The van der Waals surface area contributed by atoms with Gasteiger partial charge in [0.2, 0.25) is 0 Å². The molecule has 1 atom stereocenters. The summed E-state index contributed by atoms with van der Waals surface area (Å²) in [4.78, 5) is 14.4. The molecular formula is C28H26F6N2O4. The van der Waals surface area contributed by atoms with Crippen LogP contribution < -0.4 is 14.8 Å². The molecule has 0 aliphatic carbocycles. The number of hydrogen-bond acceptors (Lipinski definition) is 4. The predicted molar refractivity (Wildman–Crippen MR) is 133 cm³/mol. The molecule has 1 saturated heterocycles. The topological polar surface area (TPSA) is 71.0 Å². The lowest BCUT2D eigenvalue weighted by Crippen LogP contribution is -2.47. The number of likely N-dealkylation sites (tertiary alicyclic amines) is 1. The van der Waals surface area contributed by atoms with E-state index in [-0.39, 0.29) is 30.6 Å². The first-order chi connectivity index (χ1) is 18.8. The summed E-state index contributed by atoms with van der Waals surface area (Å²) in [6.45, 7) is 0.183. The van der Waals surface area contributed by atoms with Crippen LogP contribution in [0.1, 0.15) is 23.1 Å². The zero-order valence-corrected chi connectivity index (χ0v) is 21.0. The smallest absolute Gasteiger partial charge is 0.406 e. The van der Waals surface area contributed by atoms with E-state index < -0.39 is 41.8 Å². The third-order valence-electron chi connectivity index (χ3n) is 6.58.